The number of hydrazone groups is 1. The van der Waals surface area contributed by atoms with Gasteiger partial charge in [-0.05, 0) is 49.4 Å². The van der Waals surface area contributed by atoms with E-state index in [1.54, 1.807) is 42.5 Å². The molecule has 0 saturated carbocycles. The number of phenols is 1. The van der Waals surface area contributed by atoms with Gasteiger partial charge in [-0.25, -0.2) is 10.4 Å². The molecule has 0 bridgehead atoms. The minimum absolute atomic E-state index is 0.136. The van der Waals surface area contributed by atoms with Crippen molar-refractivity contribution in [3.8, 4) is 17.1 Å². The molecular weight excluding hydrogens is 344 g/mol. The Morgan fingerprint density at radius 1 is 1.22 bits per heavy atom. The van der Waals surface area contributed by atoms with E-state index < -0.39 is 0 Å². The Morgan fingerprint density at radius 2 is 2.07 bits per heavy atom. The van der Waals surface area contributed by atoms with Gasteiger partial charge in [0.15, 0.2) is 0 Å². The number of aromatic nitrogens is 2. The number of hydrogen-bond acceptors (Lipinski definition) is 5. The molecule has 2 heterocycles. The van der Waals surface area contributed by atoms with Gasteiger partial charge in [0, 0.05) is 5.56 Å². The van der Waals surface area contributed by atoms with E-state index in [2.05, 4.69) is 20.5 Å². The molecule has 0 aliphatic carbocycles. The average Bonchev–Trinajstić information content (AvgIpc) is 3.27. The van der Waals surface area contributed by atoms with Crippen LogP contribution in [-0.2, 0) is 0 Å². The zero-order valence-corrected chi connectivity index (χ0v) is 14.4. The smallest absolute Gasteiger partial charge is 0.271 e. The van der Waals surface area contributed by atoms with Crippen molar-refractivity contribution in [1.29, 1.82) is 0 Å². The number of imidazole rings is 1. The lowest BCUT2D eigenvalue weighted by molar-refractivity contribution is 0.0955. The van der Waals surface area contributed by atoms with Crippen molar-refractivity contribution in [3.63, 3.8) is 0 Å². The Hall–Kier alpha value is -3.87. The Morgan fingerprint density at radius 3 is 2.85 bits per heavy atom. The summed E-state index contributed by atoms with van der Waals surface area (Å²) in [6.07, 6.45) is 1.44. The van der Waals surface area contributed by atoms with E-state index in [-0.39, 0.29) is 11.7 Å². The maximum atomic E-state index is 12.3. The minimum atomic E-state index is -0.352. The second kappa shape index (κ2) is 6.80. The quantitative estimate of drug-likeness (QED) is 0.382. The van der Waals surface area contributed by atoms with E-state index in [1.165, 1.54) is 6.21 Å². The number of amides is 1. The third-order valence-electron chi connectivity index (χ3n) is 4.02. The number of phenolic OH excluding ortho intramolecular Hbond substituents is 1. The number of nitrogens with one attached hydrogen (secondary N) is 2. The van der Waals surface area contributed by atoms with Crippen molar-refractivity contribution in [2.75, 3.05) is 0 Å². The van der Waals surface area contributed by atoms with Crippen LogP contribution in [-0.4, -0.2) is 27.2 Å². The third-order valence-corrected chi connectivity index (χ3v) is 4.02. The van der Waals surface area contributed by atoms with Gasteiger partial charge in [0.2, 0.25) is 0 Å². The molecule has 0 spiro atoms. The summed E-state index contributed by atoms with van der Waals surface area (Å²) in [4.78, 5) is 19.9. The molecule has 0 saturated heterocycles. The zero-order valence-electron chi connectivity index (χ0n) is 14.4. The highest BCUT2D eigenvalue weighted by atomic mass is 16.3. The van der Waals surface area contributed by atoms with Crippen molar-refractivity contribution in [2.45, 2.75) is 6.92 Å². The predicted octanol–water partition coefficient (Wildman–Crippen LogP) is 3.60. The molecule has 2 aromatic heterocycles. The fourth-order valence-corrected chi connectivity index (χ4v) is 2.69. The Bertz CT molecular complexity index is 1160. The molecule has 7 nitrogen and oxygen atoms in total. The van der Waals surface area contributed by atoms with E-state index in [0.29, 0.717) is 33.7 Å². The number of benzene rings is 2. The summed E-state index contributed by atoms with van der Waals surface area (Å²) in [6, 6.07) is 15.6. The summed E-state index contributed by atoms with van der Waals surface area (Å²) >= 11 is 0. The van der Waals surface area contributed by atoms with Gasteiger partial charge in [0.05, 0.1) is 22.8 Å². The van der Waals surface area contributed by atoms with Gasteiger partial charge in [0.25, 0.3) is 5.91 Å². The van der Waals surface area contributed by atoms with Crippen LogP contribution < -0.4 is 5.43 Å². The highest BCUT2D eigenvalue weighted by Crippen LogP contribution is 2.28. The number of nitrogens with zero attached hydrogens (tertiary/aromatic N) is 2. The largest absolute Gasteiger partial charge is 0.507 e. The van der Waals surface area contributed by atoms with E-state index in [1.807, 2.05) is 19.1 Å². The molecule has 0 unspecified atom stereocenters. The van der Waals surface area contributed by atoms with Crippen molar-refractivity contribution in [2.24, 2.45) is 5.10 Å². The lowest BCUT2D eigenvalue weighted by Crippen LogP contribution is -2.17. The molecule has 0 radical (unpaired) electrons. The molecule has 0 aliphatic rings. The van der Waals surface area contributed by atoms with Crippen LogP contribution in [0.15, 0.2) is 64.1 Å². The summed E-state index contributed by atoms with van der Waals surface area (Å²) < 4.78 is 5.35. The summed E-state index contributed by atoms with van der Waals surface area (Å²) in [5, 5.41) is 13.9. The van der Waals surface area contributed by atoms with E-state index >= 15 is 0 Å². The van der Waals surface area contributed by atoms with Crippen LogP contribution in [0.25, 0.3) is 22.4 Å². The first-order chi connectivity index (χ1) is 13.1. The molecule has 0 aliphatic heterocycles. The second-order valence-corrected chi connectivity index (χ2v) is 5.98. The van der Waals surface area contributed by atoms with Gasteiger partial charge < -0.3 is 14.5 Å². The lowest BCUT2D eigenvalue weighted by Gasteiger charge is -1.99. The van der Waals surface area contributed by atoms with E-state index in [0.717, 1.165) is 5.76 Å². The predicted molar refractivity (Wildman–Crippen MR) is 102 cm³/mol. The summed E-state index contributed by atoms with van der Waals surface area (Å²) in [5.41, 5.74) is 4.87. The normalized spacial score (nSPS) is 11.3. The second-order valence-electron chi connectivity index (χ2n) is 5.98. The molecule has 2 aromatic carbocycles. The SMILES string of the molecule is Cc1ccc(/C=N/NC(=O)c2ccc3nc(-c4ccccc4O)[nH]c3c2)o1. The summed E-state index contributed by atoms with van der Waals surface area (Å²) in [6.45, 7) is 1.83. The van der Waals surface area contributed by atoms with Crippen molar-refractivity contribution in [1.82, 2.24) is 15.4 Å². The van der Waals surface area contributed by atoms with Crippen molar-refractivity contribution < 1.29 is 14.3 Å². The number of carbonyl (C=O) groups excluding carboxylic acids is 1. The van der Waals surface area contributed by atoms with E-state index in [4.69, 9.17) is 4.42 Å². The van der Waals surface area contributed by atoms with Crippen LogP contribution in [0.4, 0.5) is 0 Å². The Balaban J connectivity index is 1.55. The first kappa shape index (κ1) is 16.6. The number of fused-ring (bicyclic) bond motifs is 1. The number of rotatable bonds is 4. The van der Waals surface area contributed by atoms with Crippen LogP contribution in [0.2, 0.25) is 0 Å². The number of para-hydroxylation sites is 1. The summed E-state index contributed by atoms with van der Waals surface area (Å²) in [7, 11) is 0. The number of aryl methyl sites for hydroxylation is 1. The van der Waals surface area contributed by atoms with Gasteiger partial charge in [-0.1, -0.05) is 12.1 Å². The third kappa shape index (κ3) is 3.43. The number of aromatic hydroxyl groups is 1. The van der Waals surface area contributed by atoms with Crippen LogP contribution in [0.3, 0.4) is 0 Å². The fraction of sp³-hybridized carbons (Fsp3) is 0.0500. The molecule has 1 amide bonds. The van der Waals surface area contributed by atoms with Gasteiger partial charge in [-0.3, -0.25) is 4.79 Å². The lowest BCUT2D eigenvalue weighted by atomic mass is 10.2. The van der Waals surface area contributed by atoms with E-state index in [9.17, 15) is 9.90 Å². The number of H-pyrrole nitrogens is 1. The van der Waals surface area contributed by atoms with Crippen LogP contribution in [0.1, 0.15) is 21.9 Å². The Labute approximate surface area is 154 Å². The molecule has 4 rings (SSSR count). The number of furan rings is 1. The molecule has 0 atom stereocenters. The number of aromatic amines is 1. The highest BCUT2D eigenvalue weighted by molar-refractivity contribution is 5.98. The molecule has 3 N–H and O–H groups in total. The monoisotopic (exact) mass is 360 g/mol. The van der Waals surface area contributed by atoms with Crippen molar-refractivity contribution in [3.05, 3.63) is 71.7 Å². The fourth-order valence-electron chi connectivity index (χ4n) is 2.69. The number of carbonyl (C=O) groups is 1. The summed E-state index contributed by atoms with van der Waals surface area (Å²) in [5.74, 6) is 1.65. The molecule has 0 fully saturated rings. The molecular formula is C20H16N4O3. The standard InChI is InChI=1S/C20H16N4O3/c1-12-6-8-14(27-12)11-21-24-20(26)13-7-9-16-17(10-13)23-19(22-16)15-4-2-3-5-18(15)25/h2-11,25H,1H3,(H,22,23)(H,24,26)/b21-11+. The van der Waals surface area contributed by atoms with Crippen LogP contribution in [0, 0.1) is 6.92 Å². The van der Waals surface area contributed by atoms with Gasteiger partial charge in [-0.2, -0.15) is 5.10 Å². The highest BCUT2D eigenvalue weighted by Gasteiger charge is 2.11. The molecule has 4 aromatic rings. The van der Waals surface area contributed by atoms with Crippen LogP contribution >= 0.6 is 0 Å². The van der Waals surface area contributed by atoms with Crippen LogP contribution in [0.5, 0.6) is 5.75 Å². The maximum absolute atomic E-state index is 12.3. The number of hydrogen-bond donors (Lipinski definition) is 3. The minimum Gasteiger partial charge on any atom is -0.507 e. The van der Waals surface area contributed by atoms with Gasteiger partial charge in [-0.15, -0.1) is 0 Å². The van der Waals surface area contributed by atoms with Gasteiger partial charge in [0.1, 0.15) is 23.1 Å². The first-order valence-electron chi connectivity index (χ1n) is 8.28. The topological polar surface area (TPSA) is 104 Å². The molecule has 7 heteroatoms. The Kier molecular flexibility index (Phi) is 4.18. The molecule has 134 valence electrons. The maximum Gasteiger partial charge on any atom is 0.271 e. The zero-order chi connectivity index (χ0) is 18.8. The average molecular weight is 360 g/mol. The molecule has 27 heavy (non-hydrogen) atoms. The van der Waals surface area contributed by atoms with Crippen molar-refractivity contribution >= 4 is 23.2 Å². The van der Waals surface area contributed by atoms with Gasteiger partial charge >= 0.3 is 0 Å². The first-order valence-corrected chi connectivity index (χ1v) is 8.28.